The van der Waals surface area contributed by atoms with E-state index >= 15 is 0 Å². The van der Waals surface area contributed by atoms with E-state index in [0.29, 0.717) is 18.5 Å². The van der Waals surface area contributed by atoms with Crippen molar-refractivity contribution in [3.8, 4) is 0 Å². The number of carbonyl (C=O) groups is 1. The fourth-order valence-electron chi connectivity index (χ4n) is 4.47. The van der Waals surface area contributed by atoms with E-state index in [-0.39, 0.29) is 5.41 Å². The molecule has 0 aromatic carbocycles. The minimum atomic E-state index is -0.213. The van der Waals surface area contributed by atoms with Crippen LogP contribution in [0.2, 0.25) is 0 Å². The van der Waals surface area contributed by atoms with Crippen molar-refractivity contribution in [3.63, 3.8) is 0 Å². The van der Waals surface area contributed by atoms with Crippen molar-refractivity contribution in [3.05, 3.63) is 0 Å². The summed E-state index contributed by atoms with van der Waals surface area (Å²) in [6.07, 6.45) is 14.9. The first-order valence-electron chi connectivity index (χ1n) is 9.26. The minimum Gasteiger partial charge on any atom is -0.339 e. The minimum absolute atomic E-state index is 0.213. The summed E-state index contributed by atoms with van der Waals surface area (Å²) in [4.78, 5) is 15.5. The number of rotatable bonds is 5. The molecule has 3 fully saturated rings. The van der Waals surface area contributed by atoms with Gasteiger partial charge in [-0.05, 0) is 44.4 Å². The zero-order valence-electron chi connectivity index (χ0n) is 13.5. The Labute approximate surface area is 129 Å². The van der Waals surface area contributed by atoms with E-state index in [4.69, 9.17) is 5.73 Å². The Kier molecular flexibility index (Phi) is 4.88. The highest BCUT2D eigenvalue weighted by Crippen LogP contribution is 2.41. The zero-order valence-corrected chi connectivity index (χ0v) is 13.5. The van der Waals surface area contributed by atoms with Crippen LogP contribution in [0.15, 0.2) is 0 Å². The molecule has 0 aromatic heterocycles. The Hall–Kier alpha value is -0.570. The molecule has 3 saturated carbocycles. The maximum atomic E-state index is 13.3. The van der Waals surface area contributed by atoms with Crippen LogP contribution in [0.25, 0.3) is 0 Å². The number of amides is 1. The maximum absolute atomic E-state index is 13.3. The van der Waals surface area contributed by atoms with Crippen molar-refractivity contribution in [1.82, 2.24) is 4.90 Å². The number of hydrogen-bond acceptors (Lipinski definition) is 2. The summed E-state index contributed by atoms with van der Waals surface area (Å²) < 4.78 is 0. The molecule has 3 aliphatic rings. The molecule has 120 valence electrons. The molecule has 3 rings (SSSR count). The first kappa shape index (κ1) is 15.3. The van der Waals surface area contributed by atoms with Crippen LogP contribution in [-0.2, 0) is 4.79 Å². The Bertz CT molecular complexity index is 352. The van der Waals surface area contributed by atoms with E-state index in [1.165, 1.54) is 64.2 Å². The third-order valence-corrected chi connectivity index (χ3v) is 6.08. The second-order valence-corrected chi connectivity index (χ2v) is 7.74. The van der Waals surface area contributed by atoms with Gasteiger partial charge in [-0.1, -0.05) is 38.5 Å². The van der Waals surface area contributed by atoms with Crippen LogP contribution >= 0.6 is 0 Å². The molecular formula is C18H32N2O. The second kappa shape index (κ2) is 6.68. The van der Waals surface area contributed by atoms with E-state index in [1.54, 1.807) is 0 Å². The maximum Gasteiger partial charge on any atom is 0.230 e. The standard InChI is InChI=1S/C18H32N2O/c19-14-18(11-5-2-6-12-18)17(21)20(16-9-10-16)13-15-7-3-1-4-8-15/h15-16H,1-14,19H2. The average molecular weight is 292 g/mol. The van der Waals surface area contributed by atoms with Crippen LogP contribution in [0, 0.1) is 11.3 Å². The van der Waals surface area contributed by atoms with Gasteiger partial charge in [0.2, 0.25) is 5.91 Å². The summed E-state index contributed by atoms with van der Waals surface area (Å²) in [6, 6.07) is 0.546. The molecule has 0 aromatic rings. The van der Waals surface area contributed by atoms with Gasteiger partial charge >= 0.3 is 0 Å². The number of nitrogens with two attached hydrogens (primary N) is 1. The van der Waals surface area contributed by atoms with E-state index in [9.17, 15) is 4.79 Å². The molecule has 3 nitrogen and oxygen atoms in total. The van der Waals surface area contributed by atoms with Crippen molar-refractivity contribution in [1.29, 1.82) is 0 Å². The zero-order chi connectivity index (χ0) is 14.7. The van der Waals surface area contributed by atoms with Crippen molar-refractivity contribution in [2.45, 2.75) is 83.1 Å². The van der Waals surface area contributed by atoms with Gasteiger partial charge in [0.05, 0.1) is 5.41 Å². The molecule has 21 heavy (non-hydrogen) atoms. The number of carbonyl (C=O) groups excluding carboxylic acids is 1. The quantitative estimate of drug-likeness (QED) is 0.843. The van der Waals surface area contributed by atoms with Gasteiger partial charge in [0.25, 0.3) is 0 Å². The highest BCUT2D eigenvalue weighted by atomic mass is 16.2. The molecule has 0 heterocycles. The van der Waals surface area contributed by atoms with Crippen LogP contribution in [0.1, 0.15) is 77.0 Å². The Morgan fingerprint density at radius 1 is 0.952 bits per heavy atom. The molecule has 2 N–H and O–H groups in total. The molecule has 0 spiro atoms. The lowest BCUT2D eigenvalue weighted by Gasteiger charge is -2.40. The smallest absolute Gasteiger partial charge is 0.230 e. The molecule has 1 amide bonds. The van der Waals surface area contributed by atoms with Gasteiger partial charge < -0.3 is 10.6 Å². The van der Waals surface area contributed by atoms with Gasteiger partial charge in [-0.2, -0.15) is 0 Å². The predicted octanol–water partition coefficient (Wildman–Crippen LogP) is 3.47. The summed E-state index contributed by atoms with van der Waals surface area (Å²) in [5, 5.41) is 0. The summed E-state index contributed by atoms with van der Waals surface area (Å²) in [7, 11) is 0. The first-order valence-corrected chi connectivity index (χ1v) is 9.26. The monoisotopic (exact) mass is 292 g/mol. The summed E-state index contributed by atoms with van der Waals surface area (Å²) in [6.45, 7) is 1.57. The van der Waals surface area contributed by atoms with Gasteiger partial charge in [-0.15, -0.1) is 0 Å². The Morgan fingerprint density at radius 2 is 1.57 bits per heavy atom. The molecule has 0 radical (unpaired) electrons. The normalized spacial score (nSPS) is 26.5. The highest BCUT2D eigenvalue weighted by molar-refractivity contribution is 5.83. The van der Waals surface area contributed by atoms with Gasteiger partial charge in [-0.25, -0.2) is 0 Å². The second-order valence-electron chi connectivity index (χ2n) is 7.74. The van der Waals surface area contributed by atoms with Crippen LogP contribution < -0.4 is 5.73 Å². The molecule has 0 atom stereocenters. The lowest BCUT2D eigenvalue weighted by Crippen LogP contribution is -2.51. The number of hydrogen-bond donors (Lipinski definition) is 1. The van der Waals surface area contributed by atoms with Crippen LogP contribution in [0.3, 0.4) is 0 Å². The van der Waals surface area contributed by atoms with Gasteiger partial charge in [0.1, 0.15) is 0 Å². The molecule has 3 aliphatic carbocycles. The Morgan fingerprint density at radius 3 is 2.14 bits per heavy atom. The van der Waals surface area contributed by atoms with Crippen molar-refractivity contribution in [2.75, 3.05) is 13.1 Å². The summed E-state index contributed by atoms with van der Waals surface area (Å²) in [5.41, 5.74) is 5.87. The Balaban J connectivity index is 1.68. The third kappa shape index (κ3) is 3.44. The molecule has 0 bridgehead atoms. The lowest BCUT2D eigenvalue weighted by molar-refractivity contribution is -0.145. The highest BCUT2D eigenvalue weighted by Gasteiger charge is 2.45. The molecule has 0 aliphatic heterocycles. The van der Waals surface area contributed by atoms with Gasteiger partial charge in [0, 0.05) is 19.1 Å². The van der Waals surface area contributed by atoms with Gasteiger partial charge in [-0.3, -0.25) is 4.79 Å². The van der Waals surface area contributed by atoms with Crippen molar-refractivity contribution >= 4 is 5.91 Å². The lowest BCUT2D eigenvalue weighted by atomic mass is 9.72. The fourth-order valence-corrected chi connectivity index (χ4v) is 4.47. The van der Waals surface area contributed by atoms with Crippen molar-refractivity contribution in [2.24, 2.45) is 17.1 Å². The van der Waals surface area contributed by atoms with E-state index < -0.39 is 0 Å². The van der Waals surface area contributed by atoms with Crippen LogP contribution in [0.5, 0.6) is 0 Å². The fraction of sp³-hybridized carbons (Fsp3) is 0.944. The summed E-state index contributed by atoms with van der Waals surface area (Å²) in [5.74, 6) is 1.17. The topological polar surface area (TPSA) is 46.3 Å². The van der Waals surface area contributed by atoms with Crippen molar-refractivity contribution < 1.29 is 4.79 Å². The first-order chi connectivity index (χ1) is 10.2. The number of nitrogens with zero attached hydrogens (tertiary/aromatic N) is 1. The predicted molar refractivity (Wildman–Crippen MR) is 85.9 cm³/mol. The van der Waals surface area contributed by atoms with Crippen LogP contribution in [0.4, 0.5) is 0 Å². The average Bonchev–Trinajstić information content (AvgIpc) is 3.38. The molecule has 0 saturated heterocycles. The van der Waals surface area contributed by atoms with E-state index in [1.807, 2.05) is 0 Å². The molecule has 0 unspecified atom stereocenters. The van der Waals surface area contributed by atoms with Crippen LogP contribution in [-0.4, -0.2) is 29.9 Å². The molecular weight excluding hydrogens is 260 g/mol. The molecule has 3 heteroatoms. The van der Waals surface area contributed by atoms with Gasteiger partial charge in [0.15, 0.2) is 0 Å². The largest absolute Gasteiger partial charge is 0.339 e. The van der Waals surface area contributed by atoms with E-state index in [0.717, 1.165) is 25.3 Å². The summed E-state index contributed by atoms with van der Waals surface area (Å²) >= 11 is 0. The van der Waals surface area contributed by atoms with E-state index in [2.05, 4.69) is 4.90 Å². The SMILES string of the molecule is NCC1(C(=O)N(CC2CCCCC2)C2CC2)CCCCC1. The third-order valence-electron chi connectivity index (χ3n) is 6.08.